The number of nitrogens with zero attached hydrogens (tertiary/aromatic N) is 2. The summed E-state index contributed by atoms with van der Waals surface area (Å²) in [6, 6.07) is 12.4. The molecule has 0 bridgehead atoms. The Bertz CT molecular complexity index is 897. The molecule has 0 amide bonds. The molecule has 1 aliphatic carbocycles. The minimum Gasteiger partial charge on any atom is -0.497 e. The highest BCUT2D eigenvalue weighted by atomic mass is 16.5. The van der Waals surface area contributed by atoms with E-state index in [1.807, 2.05) is 36.4 Å². The van der Waals surface area contributed by atoms with E-state index >= 15 is 0 Å². The number of methoxy groups -OCH3 is 2. The topological polar surface area (TPSA) is 47.8 Å². The first-order valence-electron chi connectivity index (χ1n) is 9.26. The van der Waals surface area contributed by atoms with E-state index in [2.05, 4.69) is 15.9 Å². The zero-order valence-corrected chi connectivity index (χ0v) is 15.4. The molecule has 136 valence electrons. The number of pyridine rings is 1. The second-order valence-corrected chi connectivity index (χ2v) is 6.78. The van der Waals surface area contributed by atoms with Crippen molar-refractivity contribution in [2.75, 3.05) is 19.5 Å². The standard InChI is InChI=1S/C21H25N3O2/c1-25-16-11-12-18(26-2)17(14-16)20-21(22-15-8-4-3-5-9-15)24-13-7-6-10-19(24)23-20/h6-7,10-15,22H,3-5,8-9H2,1-2H3. The second kappa shape index (κ2) is 7.28. The van der Waals surface area contributed by atoms with Gasteiger partial charge in [0.2, 0.25) is 0 Å². The largest absolute Gasteiger partial charge is 0.497 e. The number of benzene rings is 1. The van der Waals surface area contributed by atoms with Crippen LogP contribution in [0.3, 0.4) is 0 Å². The molecule has 2 aromatic heterocycles. The van der Waals surface area contributed by atoms with Crippen molar-refractivity contribution in [1.29, 1.82) is 0 Å². The molecule has 0 atom stereocenters. The summed E-state index contributed by atoms with van der Waals surface area (Å²) < 4.78 is 13.2. The number of hydrogen-bond acceptors (Lipinski definition) is 4. The van der Waals surface area contributed by atoms with Crippen LogP contribution in [0.15, 0.2) is 42.6 Å². The lowest BCUT2D eigenvalue weighted by Gasteiger charge is -2.24. The van der Waals surface area contributed by atoms with Crippen LogP contribution in [0.4, 0.5) is 5.82 Å². The maximum absolute atomic E-state index is 5.61. The monoisotopic (exact) mass is 351 g/mol. The first-order valence-corrected chi connectivity index (χ1v) is 9.26. The van der Waals surface area contributed by atoms with Crippen molar-refractivity contribution in [2.45, 2.75) is 38.1 Å². The van der Waals surface area contributed by atoms with Crippen molar-refractivity contribution in [1.82, 2.24) is 9.38 Å². The van der Waals surface area contributed by atoms with Crippen LogP contribution in [-0.2, 0) is 0 Å². The minimum atomic E-state index is 0.485. The molecule has 0 saturated heterocycles. The Kier molecular flexibility index (Phi) is 4.69. The van der Waals surface area contributed by atoms with Gasteiger partial charge in [0.1, 0.15) is 28.7 Å². The van der Waals surface area contributed by atoms with Gasteiger partial charge in [0, 0.05) is 17.8 Å². The first kappa shape index (κ1) is 16.8. The number of rotatable bonds is 5. The first-order chi connectivity index (χ1) is 12.8. The fraction of sp³-hybridized carbons (Fsp3) is 0.381. The van der Waals surface area contributed by atoms with Crippen molar-refractivity contribution in [2.24, 2.45) is 0 Å². The zero-order valence-electron chi connectivity index (χ0n) is 15.4. The van der Waals surface area contributed by atoms with Gasteiger partial charge in [0.15, 0.2) is 0 Å². The van der Waals surface area contributed by atoms with Gasteiger partial charge in [0.25, 0.3) is 0 Å². The number of ether oxygens (including phenoxy) is 2. The van der Waals surface area contributed by atoms with Gasteiger partial charge in [-0.05, 0) is 43.2 Å². The Balaban J connectivity index is 1.85. The molecule has 5 heteroatoms. The Hall–Kier alpha value is -2.69. The SMILES string of the molecule is COc1ccc(OC)c(-c2nc3ccccn3c2NC2CCCCC2)c1. The summed E-state index contributed by atoms with van der Waals surface area (Å²) in [5.41, 5.74) is 2.76. The van der Waals surface area contributed by atoms with Gasteiger partial charge in [-0.25, -0.2) is 4.98 Å². The van der Waals surface area contributed by atoms with Gasteiger partial charge in [-0.15, -0.1) is 0 Å². The van der Waals surface area contributed by atoms with E-state index in [9.17, 15) is 0 Å². The maximum atomic E-state index is 5.61. The lowest BCUT2D eigenvalue weighted by Crippen LogP contribution is -2.23. The van der Waals surface area contributed by atoms with E-state index < -0.39 is 0 Å². The number of nitrogens with one attached hydrogen (secondary N) is 1. The predicted octanol–water partition coefficient (Wildman–Crippen LogP) is 4.76. The lowest BCUT2D eigenvalue weighted by atomic mass is 9.95. The maximum Gasteiger partial charge on any atom is 0.139 e. The van der Waals surface area contributed by atoms with Crippen molar-refractivity contribution >= 4 is 11.5 Å². The highest BCUT2D eigenvalue weighted by molar-refractivity contribution is 5.81. The third kappa shape index (κ3) is 3.09. The van der Waals surface area contributed by atoms with Crippen LogP contribution >= 0.6 is 0 Å². The predicted molar refractivity (Wildman–Crippen MR) is 104 cm³/mol. The molecule has 4 rings (SSSR count). The molecule has 1 saturated carbocycles. The zero-order chi connectivity index (χ0) is 17.9. The van der Waals surface area contributed by atoms with E-state index in [0.717, 1.165) is 34.2 Å². The normalized spacial score (nSPS) is 15.2. The van der Waals surface area contributed by atoms with Crippen LogP contribution in [0.2, 0.25) is 0 Å². The Labute approximate surface area is 154 Å². The summed E-state index contributed by atoms with van der Waals surface area (Å²) >= 11 is 0. The van der Waals surface area contributed by atoms with E-state index in [-0.39, 0.29) is 0 Å². The fourth-order valence-corrected chi connectivity index (χ4v) is 3.76. The summed E-state index contributed by atoms with van der Waals surface area (Å²) in [5, 5.41) is 3.76. The molecular weight excluding hydrogens is 326 g/mol. The molecule has 0 aliphatic heterocycles. The van der Waals surface area contributed by atoms with Crippen molar-refractivity contribution in [3.8, 4) is 22.8 Å². The molecule has 0 unspecified atom stereocenters. The van der Waals surface area contributed by atoms with Gasteiger partial charge in [-0.2, -0.15) is 0 Å². The molecule has 1 fully saturated rings. The number of aromatic nitrogens is 2. The molecule has 2 heterocycles. The molecule has 5 nitrogen and oxygen atoms in total. The van der Waals surface area contributed by atoms with Gasteiger partial charge >= 0.3 is 0 Å². The van der Waals surface area contributed by atoms with Crippen molar-refractivity contribution in [3.05, 3.63) is 42.6 Å². The summed E-state index contributed by atoms with van der Waals surface area (Å²) in [4.78, 5) is 4.90. The Morgan fingerprint density at radius 2 is 1.88 bits per heavy atom. The fourth-order valence-electron chi connectivity index (χ4n) is 3.76. The molecule has 1 aliphatic rings. The highest BCUT2D eigenvalue weighted by Crippen LogP contribution is 2.38. The lowest BCUT2D eigenvalue weighted by molar-refractivity contribution is 0.404. The molecule has 26 heavy (non-hydrogen) atoms. The molecular formula is C21H25N3O2. The van der Waals surface area contributed by atoms with Gasteiger partial charge in [-0.1, -0.05) is 25.3 Å². The van der Waals surface area contributed by atoms with Crippen LogP contribution in [0, 0.1) is 0 Å². The quantitative estimate of drug-likeness (QED) is 0.720. The molecule has 3 aromatic rings. The van der Waals surface area contributed by atoms with E-state index in [1.54, 1.807) is 14.2 Å². The smallest absolute Gasteiger partial charge is 0.139 e. The Morgan fingerprint density at radius 3 is 2.65 bits per heavy atom. The highest BCUT2D eigenvalue weighted by Gasteiger charge is 2.21. The average Bonchev–Trinajstić information content (AvgIpc) is 3.06. The molecule has 1 N–H and O–H groups in total. The number of imidazole rings is 1. The van der Waals surface area contributed by atoms with Crippen LogP contribution in [0.1, 0.15) is 32.1 Å². The van der Waals surface area contributed by atoms with Gasteiger partial charge in [-0.3, -0.25) is 4.40 Å². The van der Waals surface area contributed by atoms with Crippen molar-refractivity contribution < 1.29 is 9.47 Å². The van der Waals surface area contributed by atoms with Crippen LogP contribution in [0.25, 0.3) is 16.9 Å². The third-order valence-corrected chi connectivity index (χ3v) is 5.14. The van der Waals surface area contributed by atoms with E-state index in [1.165, 1.54) is 32.1 Å². The summed E-state index contributed by atoms with van der Waals surface area (Å²) in [6.45, 7) is 0. The third-order valence-electron chi connectivity index (χ3n) is 5.14. The van der Waals surface area contributed by atoms with Gasteiger partial charge < -0.3 is 14.8 Å². The number of anilines is 1. The molecule has 1 aromatic carbocycles. The number of hydrogen-bond donors (Lipinski definition) is 1. The summed E-state index contributed by atoms with van der Waals surface area (Å²) in [5.74, 6) is 2.61. The van der Waals surface area contributed by atoms with E-state index in [4.69, 9.17) is 14.5 Å². The van der Waals surface area contributed by atoms with Crippen molar-refractivity contribution in [3.63, 3.8) is 0 Å². The van der Waals surface area contributed by atoms with Crippen LogP contribution < -0.4 is 14.8 Å². The van der Waals surface area contributed by atoms with Crippen LogP contribution in [0.5, 0.6) is 11.5 Å². The van der Waals surface area contributed by atoms with Gasteiger partial charge in [0.05, 0.1) is 14.2 Å². The van der Waals surface area contributed by atoms with E-state index in [0.29, 0.717) is 6.04 Å². The molecule has 0 spiro atoms. The molecule has 0 radical (unpaired) electrons. The Morgan fingerprint density at radius 1 is 1.04 bits per heavy atom. The summed E-state index contributed by atoms with van der Waals surface area (Å²) in [6.07, 6.45) is 8.37. The number of fused-ring (bicyclic) bond motifs is 1. The summed E-state index contributed by atoms with van der Waals surface area (Å²) in [7, 11) is 3.37. The van der Waals surface area contributed by atoms with Crippen LogP contribution in [-0.4, -0.2) is 29.6 Å². The average molecular weight is 351 g/mol. The second-order valence-electron chi connectivity index (χ2n) is 6.78. The minimum absolute atomic E-state index is 0.485.